The molecule has 4 rings (SSSR count). The van der Waals surface area contributed by atoms with Crippen molar-refractivity contribution < 1.29 is 9.47 Å². The van der Waals surface area contributed by atoms with Gasteiger partial charge in [-0.1, -0.05) is 49.7 Å². The number of fused-ring (bicyclic) bond motifs is 1. The quantitative estimate of drug-likeness (QED) is 0.616. The Morgan fingerprint density at radius 3 is 2.83 bits per heavy atom. The van der Waals surface area contributed by atoms with Crippen LogP contribution in [0.15, 0.2) is 48.5 Å². The van der Waals surface area contributed by atoms with Crippen LogP contribution in [-0.2, 0) is 13.0 Å². The first kappa shape index (κ1) is 19.7. The maximum Gasteiger partial charge on any atom is 0.243 e. The summed E-state index contributed by atoms with van der Waals surface area (Å²) in [4.78, 5) is 0. The summed E-state index contributed by atoms with van der Waals surface area (Å²) in [7, 11) is 0. The number of nitrogens with zero attached hydrogens (tertiary/aromatic N) is 2. The fourth-order valence-electron chi connectivity index (χ4n) is 3.92. The maximum atomic E-state index is 9.80. The lowest BCUT2D eigenvalue weighted by molar-refractivity contribution is 0.305. The van der Waals surface area contributed by atoms with Crippen LogP contribution in [0.5, 0.6) is 11.6 Å². The Hall–Kier alpha value is -3.59. The number of aryl methyl sites for hydroxylation is 2. The molecule has 6 nitrogen and oxygen atoms in total. The van der Waals surface area contributed by atoms with Crippen molar-refractivity contribution >= 4 is 5.90 Å². The van der Waals surface area contributed by atoms with Crippen LogP contribution in [0, 0.1) is 29.6 Å². The Balaban J connectivity index is 1.68. The molecule has 0 aliphatic carbocycles. The molecule has 30 heavy (non-hydrogen) atoms. The van der Waals surface area contributed by atoms with Gasteiger partial charge in [-0.2, -0.15) is 5.26 Å². The Kier molecular flexibility index (Phi) is 5.53. The summed E-state index contributed by atoms with van der Waals surface area (Å²) in [6.07, 6.45) is 1.74. The SMILES string of the molecule is CCCc1[nH]nc2c1C(c1cccc(OCc3ccccc3C)c1)C(C#N)C(=N)O2. The molecule has 1 aliphatic heterocycles. The van der Waals surface area contributed by atoms with Crippen LogP contribution in [-0.4, -0.2) is 16.1 Å². The second-order valence-electron chi connectivity index (χ2n) is 7.51. The smallest absolute Gasteiger partial charge is 0.243 e. The monoisotopic (exact) mass is 400 g/mol. The predicted molar refractivity (Wildman–Crippen MR) is 114 cm³/mol. The van der Waals surface area contributed by atoms with Crippen LogP contribution in [0.2, 0.25) is 0 Å². The first-order chi connectivity index (χ1) is 14.6. The lowest BCUT2D eigenvalue weighted by atomic mass is 9.79. The Morgan fingerprint density at radius 2 is 2.07 bits per heavy atom. The normalized spacial score (nSPS) is 17.7. The maximum absolute atomic E-state index is 9.80. The largest absolute Gasteiger partial charge is 0.489 e. The van der Waals surface area contributed by atoms with E-state index < -0.39 is 5.92 Å². The molecule has 6 heteroatoms. The number of nitriles is 1. The molecule has 2 heterocycles. The molecule has 0 fully saturated rings. The minimum atomic E-state index is -0.711. The van der Waals surface area contributed by atoms with Crippen molar-refractivity contribution in [1.29, 1.82) is 10.7 Å². The fourth-order valence-corrected chi connectivity index (χ4v) is 3.92. The second-order valence-corrected chi connectivity index (χ2v) is 7.51. The highest BCUT2D eigenvalue weighted by atomic mass is 16.5. The number of nitrogens with one attached hydrogen (secondary N) is 2. The topological polar surface area (TPSA) is 94.8 Å². The highest BCUT2D eigenvalue weighted by molar-refractivity contribution is 5.84. The molecule has 0 saturated carbocycles. The minimum absolute atomic E-state index is 0.0734. The van der Waals surface area contributed by atoms with Crippen LogP contribution in [0.4, 0.5) is 0 Å². The van der Waals surface area contributed by atoms with Crippen molar-refractivity contribution in [1.82, 2.24) is 10.2 Å². The van der Waals surface area contributed by atoms with E-state index in [1.807, 2.05) is 36.4 Å². The summed E-state index contributed by atoms with van der Waals surface area (Å²) in [6.45, 7) is 4.63. The highest BCUT2D eigenvalue weighted by Crippen LogP contribution is 2.43. The average Bonchev–Trinajstić information content (AvgIpc) is 3.14. The molecule has 0 bridgehead atoms. The van der Waals surface area contributed by atoms with Crippen molar-refractivity contribution in [3.8, 4) is 17.7 Å². The van der Waals surface area contributed by atoms with Gasteiger partial charge in [0, 0.05) is 17.2 Å². The van der Waals surface area contributed by atoms with Gasteiger partial charge >= 0.3 is 0 Å². The number of aromatic nitrogens is 2. The van der Waals surface area contributed by atoms with E-state index in [1.165, 1.54) is 5.56 Å². The van der Waals surface area contributed by atoms with Gasteiger partial charge in [0.25, 0.3) is 0 Å². The molecule has 0 saturated heterocycles. The summed E-state index contributed by atoms with van der Waals surface area (Å²) in [6, 6.07) is 18.2. The summed E-state index contributed by atoms with van der Waals surface area (Å²) in [5.41, 5.74) is 5.06. The van der Waals surface area contributed by atoms with Gasteiger partial charge < -0.3 is 9.47 Å². The molecular formula is C24H24N4O2. The Labute approximate surface area is 176 Å². The van der Waals surface area contributed by atoms with Crippen LogP contribution in [0.1, 0.15) is 47.2 Å². The molecule has 1 aliphatic rings. The number of hydrogen-bond acceptors (Lipinski definition) is 5. The molecule has 1 aromatic heterocycles. The van der Waals surface area contributed by atoms with Gasteiger partial charge in [0.05, 0.1) is 6.07 Å². The van der Waals surface area contributed by atoms with E-state index >= 15 is 0 Å². The summed E-state index contributed by atoms with van der Waals surface area (Å²) >= 11 is 0. The molecule has 2 aromatic carbocycles. The van der Waals surface area contributed by atoms with Gasteiger partial charge in [0.15, 0.2) is 0 Å². The van der Waals surface area contributed by atoms with E-state index in [1.54, 1.807) is 0 Å². The number of hydrogen-bond donors (Lipinski definition) is 2. The molecule has 0 amide bonds. The molecule has 2 N–H and O–H groups in total. The zero-order valence-electron chi connectivity index (χ0n) is 17.1. The summed E-state index contributed by atoms with van der Waals surface area (Å²) < 4.78 is 11.6. The van der Waals surface area contributed by atoms with E-state index in [2.05, 4.69) is 42.2 Å². The van der Waals surface area contributed by atoms with Crippen molar-refractivity contribution in [2.75, 3.05) is 0 Å². The van der Waals surface area contributed by atoms with Crippen molar-refractivity contribution in [2.45, 2.75) is 39.2 Å². The second kappa shape index (κ2) is 8.42. The third-order valence-corrected chi connectivity index (χ3v) is 5.49. The van der Waals surface area contributed by atoms with E-state index in [4.69, 9.17) is 14.9 Å². The summed E-state index contributed by atoms with van der Waals surface area (Å²) in [5, 5.41) is 25.3. The van der Waals surface area contributed by atoms with Gasteiger partial charge in [-0.05, 0) is 42.2 Å². The number of aromatic amines is 1. The van der Waals surface area contributed by atoms with Crippen LogP contribution < -0.4 is 9.47 Å². The zero-order valence-corrected chi connectivity index (χ0v) is 17.1. The zero-order chi connectivity index (χ0) is 21.1. The first-order valence-electron chi connectivity index (χ1n) is 10.1. The third-order valence-electron chi connectivity index (χ3n) is 5.49. The molecule has 3 aromatic rings. The Morgan fingerprint density at radius 1 is 1.23 bits per heavy atom. The standard InChI is InChI=1S/C24H24N4O2/c1-3-7-20-22-21(19(13-25)23(26)30-24(22)28-27-20)16-10-6-11-18(12-16)29-14-17-9-5-4-8-15(17)2/h4-6,8-12,19,21,26H,3,7,14H2,1-2H3,(H,27,28). The van der Waals surface area contributed by atoms with Crippen LogP contribution in [0.3, 0.4) is 0 Å². The van der Waals surface area contributed by atoms with E-state index in [9.17, 15) is 5.26 Å². The van der Waals surface area contributed by atoms with E-state index in [0.717, 1.165) is 41.0 Å². The van der Waals surface area contributed by atoms with Gasteiger partial charge in [0.2, 0.25) is 11.8 Å². The van der Waals surface area contributed by atoms with Crippen molar-refractivity contribution in [3.63, 3.8) is 0 Å². The van der Waals surface area contributed by atoms with Crippen molar-refractivity contribution in [3.05, 3.63) is 76.5 Å². The number of benzene rings is 2. The predicted octanol–water partition coefficient (Wildman–Crippen LogP) is 4.89. The average molecular weight is 400 g/mol. The first-order valence-corrected chi connectivity index (χ1v) is 10.1. The Bertz CT molecular complexity index is 1110. The molecule has 0 spiro atoms. The van der Waals surface area contributed by atoms with Gasteiger partial charge in [-0.25, -0.2) is 0 Å². The number of rotatable bonds is 6. The highest BCUT2D eigenvalue weighted by Gasteiger charge is 2.40. The molecule has 2 unspecified atom stereocenters. The van der Waals surface area contributed by atoms with Crippen LogP contribution >= 0.6 is 0 Å². The van der Waals surface area contributed by atoms with Crippen LogP contribution in [0.25, 0.3) is 0 Å². The molecule has 2 atom stereocenters. The fraction of sp³-hybridized carbons (Fsp3) is 0.292. The van der Waals surface area contributed by atoms with Gasteiger partial charge in [-0.15, -0.1) is 5.10 Å². The lowest BCUT2D eigenvalue weighted by Gasteiger charge is -2.28. The summed E-state index contributed by atoms with van der Waals surface area (Å²) in [5.74, 6) is 0.0143. The van der Waals surface area contributed by atoms with Crippen molar-refractivity contribution in [2.24, 2.45) is 5.92 Å². The molecular weight excluding hydrogens is 376 g/mol. The number of H-pyrrole nitrogens is 1. The van der Waals surface area contributed by atoms with Gasteiger partial charge in [0.1, 0.15) is 18.3 Å². The van der Waals surface area contributed by atoms with E-state index in [0.29, 0.717) is 12.5 Å². The molecule has 152 valence electrons. The number of ether oxygens (including phenoxy) is 2. The van der Waals surface area contributed by atoms with E-state index in [-0.39, 0.29) is 11.8 Å². The third kappa shape index (κ3) is 3.67. The van der Waals surface area contributed by atoms with Gasteiger partial charge in [-0.3, -0.25) is 10.5 Å². The lowest BCUT2D eigenvalue weighted by Crippen LogP contribution is -2.31. The molecule has 0 radical (unpaired) electrons. The minimum Gasteiger partial charge on any atom is -0.489 e.